The van der Waals surface area contributed by atoms with Crippen molar-refractivity contribution in [3.05, 3.63) is 39.6 Å². The van der Waals surface area contributed by atoms with E-state index >= 15 is 0 Å². The number of hydrogen-bond donors (Lipinski definition) is 0. The molecule has 2 aromatic heterocycles. The zero-order chi connectivity index (χ0) is 10.8. The lowest BCUT2D eigenvalue weighted by atomic mass is 10.2. The number of thiophene rings is 1. The number of nitrogens with zero attached hydrogens (tertiary/aromatic N) is 2. The number of aromatic nitrogens is 2. The van der Waals surface area contributed by atoms with E-state index in [4.69, 9.17) is 11.6 Å². The number of imidazole rings is 1. The van der Waals surface area contributed by atoms with Crippen molar-refractivity contribution in [2.75, 3.05) is 0 Å². The van der Waals surface area contributed by atoms with E-state index in [0.717, 1.165) is 4.88 Å². The van der Waals surface area contributed by atoms with E-state index in [2.05, 4.69) is 4.98 Å². The van der Waals surface area contributed by atoms with Gasteiger partial charge in [0, 0.05) is 24.5 Å². The SMILES string of the molecule is Cn1cnc(C(=O)Cc2ccc(Cl)s2)c1. The Morgan fingerprint density at radius 1 is 1.60 bits per heavy atom. The Kier molecular flexibility index (Phi) is 2.88. The number of carbonyl (C=O) groups excluding carboxylic acids is 1. The van der Waals surface area contributed by atoms with Crippen LogP contribution in [0.25, 0.3) is 0 Å². The molecule has 2 rings (SSSR count). The molecule has 0 amide bonds. The van der Waals surface area contributed by atoms with Gasteiger partial charge in [-0.2, -0.15) is 0 Å². The first-order chi connectivity index (χ1) is 7.15. The topological polar surface area (TPSA) is 34.9 Å². The maximum Gasteiger partial charge on any atom is 0.187 e. The standard InChI is InChI=1S/C10H9ClN2OS/c1-13-5-8(12-6-13)9(14)4-7-2-3-10(11)15-7/h2-3,5-6H,4H2,1H3. The first-order valence-electron chi connectivity index (χ1n) is 4.40. The summed E-state index contributed by atoms with van der Waals surface area (Å²) in [7, 11) is 1.84. The summed E-state index contributed by atoms with van der Waals surface area (Å²) in [5.74, 6) is 0.0223. The van der Waals surface area contributed by atoms with Crippen molar-refractivity contribution in [2.45, 2.75) is 6.42 Å². The van der Waals surface area contributed by atoms with Crippen LogP contribution in [0.4, 0.5) is 0 Å². The number of Topliss-reactive ketones (excluding diaryl/α,β-unsaturated/α-hetero) is 1. The fraction of sp³-hybridized carbons (Fsp3) is 0.200. The third-order valence-corrected chi connectivity index (χ3v) is 3.19. The van der Waals surface area contributed by atoms with Crippen molar-refractivity contribution in [2.24, 2.45) is 7.05 Å². The largest absolute Gasteiger partial charge is 0.340 e. The summed E-state index contributed by atoms with van der Waals surface area (Å²) in [5.41, 5.74) is 0.502. The summed E-state index contributed by atoms with van der Waals surface area (Å²) in [6.45, 7) is 0. The summed E-state index contributed by atoms with van der Waals surface area (Å²) in [5, 5.41) is 0. The summed E-state index contributed by atoms with van der Waals surface area (Å²) in [6, 6.07) is 3.67. The first-order valence-corrected chi connectivity index (χ1v) is 5.60. The van der Waals surface area contributed by atoms with E-state index in [1.807, 2.05) is 13.1 Å². The van der Waals surface area contributed by atoms with Crippen LogP contribution in [0, 0.1) is 0 Å². The minimum absolute atomic E-state index is 0.0223. The summed E-state index contributed by atoms with van der Waals surface area (Å²) >= 11 is 7.21. The smallest absolute Gasteiger partial charge is 0.187 e. The highest BCUT2D eigenvalue weighted by atomic mass is 35.5. The molecule has 0 unspecified atom stereocenters. The van der Waals surface area contributed by atoms with Gasteiger partial charge in [0.05, 0.1) is 10.7 Å². The van der Waals surface area contributed by atoms with Gasteiger partial charge in [0.25, 0.3) is 0 Å². The van der Waals surface area contributed by atoms with E-state index in [1.165, 1.54) is 11.3 Å². The normalized spacial score (nSPS) is 10.5. The van der Waals surface area contributed by atoms with Crippen LogP contribution in [-0.4, -0.2) is 15.3 Å². The molecule has 0 radical (unpaired) electrons. The number of ketones is 1. The zero-order valence-corrected chi connectivity index (χ0v) is 9.68. The molecule has 0 aromatic carbocycles. The molecule has 15 heavy (non-hydrogen) atoms. The van der Waals surface area contributed by atoms with E-state index in [9.17, 15) is 4.79 Å². The zero-order valence-electron chi connectivity index (χ0n) is 8.11. The lowest BCUT2D eigenvalue weighted by molar-refractivity contribution is 0.0989. The van der Waals surface area contributed by atoms with Crippen LogP contribution in [0.5, 0.6) is 0 Å². The van der Waals surface area contributed by atoms with Gasteiger partial charge in [0.2, 0.25) is 0 Å². The highest BCUT2D eigenvalue weighted by molar-refractivity contribution is 7.16. The molecule has 2 aromatic rings. The molecule has 78 valence electrons. The maximum absolute atomic E-state index is 11.7. The molecule has 0 atom stereocenters. The van der Waals surface area contributed by atoms with Crippen LogP contribution in [0.1, 0.15) is 15.4 Å². The summed E-state index contributed by atoms with van der Waals surface area (Å²) < 4.78 is 2.47. The molecule has 0 aliphatic heterocycles. The number of aryl methyl sites for hydroxylation is 1. The van der Waals surface area contributed by atoms with Crippen LogP contribution in [0.3, 0.4) is 0 Å². The maximum atomic E-state index is 11.7. The molecule has 0 spiro atoms. The Labute approximate surface area is 96.3 Å². The van der Waals surface area contributed by atoms with Crippen molar-refractivity contribution in [3.63, 3.8) is 0 Å². The van der Waals surface area contributed by atoms with Crippen molar-refractivity contribution in [1.82, 2.24) is 9.55 Å². The second kappa shape index (κ2) is 4.16. The Morgan fingerprint density at radius 2 is 2.40 bits per heavy atom. The second-order valence-electron chi connectivity index (χ2n) is 3.23. The molecule has 0 saturated carbocycles. The van der Waals surface area contributed by atoms with Gasteiger partial charge in [-0.15, -0.1) is 11.3 Å². The van der Waals surface area contributed by atoms with Crippen molar-refractivity contribution < 1.29 is 4.79 Å². The Morgan fingerprint density at radius 3 is 2.93 bits per heavy atom. The fourth-order valence-electron chi connectivity index (χ4n) is 1.25. The van der Waals surface area contributed by atoms with Gasteiger partial charge in [-0.05, 0) is 12.1 Å². The molecule has 0 fully saturated rings. The molecule has 0 bridgehead atoms. The molecule has 2 heterocycles. The minimum Gasteiger partial charge on any atom is -0.340 e. The average molecular weight is 241 g/mol. The van der Waals surface area contributed by atoms with E-state index in [0.29, 0.717) is 16.5 Å². The highest BCUT2D eigenvalue weighted by Gasteiger charge is 2.10. The Bertz CT molecular complexity index is 489. The number of hydrogen-bond acceptors (Lipinski definition) is 3. The molecular weight excluding hydrogens is 232 g/mol. The molecule has 5 heteroatoms. The lowest BCUT2D eigenvalue weighted by Crippen LogP contribution is -2.02. The van der Waals surface area contributed by atoms with E-state index in [-0.39, 0.29) is 5.78 Å². The second-order valence-corrected chi connectivity index (χ2v) is 5.03. The quantitative estimate of drug-likeness (QED) is 0.773. The van der Waals surface area contributed by atoms with Gasteiger partial charge in [0.1, 0.15) is 5.69 Å². The van der Waals surface area contributed by atoms with E-state index in [1.54, 1.807) is 23.2 Å². The summed E-state index contributed by atoms with van der Waals surface area (Å²) in [4.78, 5) is 16.7. The average Bonchev–Trinajstić information content (AvgIpc) is 2.75. The predicted octanol–water partition coefficient (Wildman–Crippen LogP) is 2.56. The van der Waals surface area contributed by atoms with Crippen LogP contribution in [0.2, 0.25) is 4.34 Å². The third-order valence-electron chi connectivity index (χ3n) is 1.95. The number of halogens is 1. The van der Waals surface area contributed by atoms with Crippen molar-refractivity contribution in [3.8, 4) is 0 Å². The van der Waals surface area contributed by atoms with Gasteiger partial charge in [0.15, 0.2) is 5.78 Å². The monoisotopic (exact) mass is 240 g/mol. The van der Waals surface area contributed by atoms with Gasteiger partial charge < -0.3 is 4.57 Å². The first kappa shape index (κ1) is 10.4. The molecular formula is C10H9ClN2OS. The van der Waals surface area contributed by atoms with Crippen LogP contribution >= 0.6 is 22.9 Å². The summed E-state index contributed by atoms with van der Waals surface area (Å²) in [6.07, 6.45) is 3.71. The highest BCUT2D eigenvalue weighted by Crippen LogP contribution is 2.22. The lowest BCUT2D eigenvalue weighted by Gasteiger charge is -1.93. The Balaban J connectivity index is 2.10. The third kappa shape index (κ3) is 2.46. The van der Waals surface area contributed by atoms with Crippen LogP contribution in [0.15, 0.2) is 24.7 Å². The fourth-order valence-corrected chi connectivity index (χ4v) is 2.34. The molecule has 0 saturated heterocycles. The Hall–Kier alpha value is -1.13. The number of rotatable bonds is 3. The number of carbonyl (C=O) groups is 1. The van der Waals surface area contributed by atoms with Gasteiger partial charge in [-0.3, -0.25) is 4.79 Å². The van der Waals surface area contributed by atoms with Crippen LogP contribution in [-0.2, 0) is 13.5 Å². The van der Waals surface area contributed by atoms with Crippen LogP contribution < -0.4 is 0 Å². The van der Waals surface area contributed by atoms with Gasteiger partial charge in [-0.25, -0.2) is 4.98 Å². The van der Waals surface area contributed by atoms with Gasteiger partial charge in [-0.1, -0.05) is 11.6 Å². The molecule has 0 N–H and O–H groups in total. The molecule has 0 aliphatic carbocycles. The molecule has 3 nitrogen and oxygen atoms in total. The molecule has 0 aliphatic rings. The van der Waals surface area contributed by atoms with E-state index < -0.39 is 0 Å². The minimum atomic E-state index is 0.0223. The van der Waals surface area contributed by atoms with Gasteiger partial charge >= 0.3 is 0 Å². The van der Waals surface area contributed by atoms with Crippen molar-refractivity contribution >= 4 is 28.7 Å². The van der Waals surface area contributed by atoms with Crippen molar-refractivity contribution in [1.29, 1.82) is 0 Å². The predicted molar refractivity (Wildman–Crippen MR) is 60.6 cm³/mol.